The van der Waals surface area contributed by atoms with E-state index < -0.39 is 0 Å². The predicted molar refractivity (Wildman–Crippen MR) is 107 cm³/mol. The molecule has 0 unspecified atom stereocenters. The fourth-order valence-corrected chi connectivity index (χ4v) is 3.29. The van der Waals surface area contributed by atoms with Crippen LogP contribution in [0.3, 0.4) is 0 Å². The van der Waals surface area contributed by atoms with Crippen molar-refractivity contribution in [3.05, 3.63) is 102 Å². The highest BCUT2D eigenvalue weighted by Crippen LogP contribution is 2.32. The number of aryl methyl sites for hydroxylation is 1. The third-order valence-electron chi connectivity index (χ3n) is 4.58. The number of rotatable bonds is 4. The molecule has 0 bridgehead atoms. The minimum Gasteiger partial charge on any atom is -0.355 e. The topological polar surface area (TPSA) is 41.1 Å². The van der Waals surface area contributed by atoms with Crippen molar-refractivity contribution in [3.8, 4) is 0 Å². The second-order valence-corrected chi connectivity index (χ2v) is 6.32. The van der Waals surface area contributed by atoms with E-state index in [2.05, 4.69) is 22.8 Å². The molecule has 1 aliphatic carbocycles. The number of nitrogens with one attached hydrogen (secondary N) is 2. The van der Waals surface area contributed by atoms with Gasteiger partial charge in [0.05, 0.1) is 5.70 Å². The molecule has 0 spiro atoms. The van der Waals surface area contributed by atoms with Crippen molar-refractivity contribution < 1.29 is 4.79 Å². The van der Waals surface area contributed by atoms with Crippen molar-refractivity contribution in [3.63, 3.8) is 0 Å². The molecule has 3 aromatic rings. The van der Waals surface area contributed by atoms with Crippen LogP contribution in [-0.4, -0.2) is 5.91 Å². The maximum absolute atomic E-state index is 13.0. The molecule has 128 valence electrons. The quantitative estimate of drug-likeness (QED) is 0.694. The van der Waals surface area contributed by atoms with Gasteiger partial charge < -0.3 is 10.6 Å². The van der Waals surface area contributed by atoms with Gasteiger partial charge in [-0.15, -0.1) is 0 Å². The first-order valence-corrected chi connectivity index (χ1v) is 8.81. The normalized spacial score (nSPS) is 13.1. The van der Waals surface area contributed by atoms with E-state index in [4.69, 9.17) is 0 Å². The summed E-state index contributed by atoms with van der Waals surface area (Å²) in [6, 6.07) is 27.8. The Balaban J connectivity index is 1.73. The third-order valence-corrected chi connectivity index (χ3v) is 4.58. The van der Waals surface area contributed by atoms with E-state index in [1.54, 1.807) is 0 Å². The molecule has 4 rings (SSSR count). The number of fused-ring (bicyclic) bond motifs is 1. The standard InChI is InChI=1S/C23H20N2O/c26-23(25-19-12-5-2-6-13-19)21-16-15-17-9-7-8-14-20(17)22(21)24-18-10-3-1-4-11-18/h1-14,24H,15-16H2,(H,25,26). The lowest BCUT2D eigenvalue weighted by Gasteiger charge is -2.24. The van der Waals surface area contributed by atoms with Crippen LogP contribution in [0.5, 0.6) is 0 Å². The minimum absolute atomic E-state index is 0.0517. The van der Waals surface area contributed by atoms with Gasteiger partial charge in [-0.25, -0.2) is 0 Å². The lowest BCUT2D eigenvalue weighted by atomic mass is 9.88. The summed E-state index contributed by atoms with van der Waals surface area (Å²) >= 11 is 0. The van der Waals surface area contributed by atoms with Crippen molar-refractivity contribution in [2.75, 3.05) is 10.6 Å². The first-order valence-electron chi connectivity index (χ1n) is 8.81. The average molecular weight is 340 g/mol. The van der Waals surface area contributed by atoms with Gasteiger partial charge in [0.2, 0.25) is 0 Å². The molecule has 0 radical (unpaired) electrons. The van der Waals surface area contributed by atoms with E-state index in [-0.39, 0.29) is 5.91 Å². The van der Waals surface area contributed by atoms with E-state index >= 15 is 0 Å². The molecule has 0 saturated carbocycles. The maximum atomic E-state index is 13.0. The van der Waals surface area contributed by atoms with Crippen molar-refractivity contribution in [1.82, 2.24) is 0 Å². The molecule has 3 aromatic carbocycles. The molecule has 0 heterocycles. The monoisotopic (exact) mass is 340 g/mol. The van der Waals surface area contributed by atoms with Crippen molar-refractivity contribution in [2.24, 2.45) is 0 Å². The number of amides is 1. The summed E-state index contributed by atoms with van der Waals surface area (Å²) in [4.78, 5) is 13.0. The lowest BCUT2D eigenvalue weighted by Crippen LogP contribution is -2.22. The van der Waals surface area contributed by atoms with Crippen LogP contribution in [-0.2, 0) is 11.2 Å². The SMILES string of the molecule is O=C(Nc1ccccc1)C1=C(Nc2ccccc2)c2ccccc2CC1. The second kappa shape index (κ2) is 7.28. The number of para-hydroxylation sites is 2. The first-order chi connectivity index (χ1) is 12.8. The molecule has 0 aliphatic heterocycles. The zero-order chi connectivity index (χ0) is 17.8. The summed E-state index contributed by atoms with van der Waals surface area (Å²) < 4.78 is 0. The van der Waals surface area contributed by atoms with Crippen molar-refractivity contribution in [1.29, 1.82) is 0 Å². The smallest absolute Gasteiger partial charge is 0.253 e. The van der Waals surface area contributed by atoms with Gasteiger partial charge in [-0.3, -0.25) is 4.79 Å². The first kappa shape index (κ1) is 16.2. The molecule has 0 fully saturated rings. The number of carbonyl (C=O) groups is 1. The lowest BCUT2D eigenvalue weighted by molar-refractivity contribution is -0.112. The van der Waals surface area contributed by atoms with Crippen LogP contribution in [0.25, 0.3) is 5.70 Å². The molecule has 3 heteroatoms. The number of hydrogen-bond donors (Lipinski definition) is 2. The maximum Gasteiger partial charge on any atom is 0.253 e. The number of benzene rings is 3. The Hall–Kier alpha value is -3.33. The summed E-state index contributed by atoms with van der Waals surface area (Å²) in [5, 5.41) is 6.49. The zero-order valence-corrected chi connectivity index (χ0v) is 14.4. The van der Waals surface area contributed by atoms with Crippen LogP contribution in [0, 0.1) is 0 Å². The number of anilines is 2. The van der Waals surface area contributed by atoms with Crippen LogP contribution in [0.1, 0.15) is 17.5 Å². The Bertz CT molecular complexity index is 946. The Morgan fingerprint density at radius 3 is 2.04 bits per heavy atom. The molecule has 1 amide bonds. The van der Waals surface area contributed by atoms with Crippen molar-refractivity contribution in [2.45, 2.75) is 12.8 Å². The number of carbonyl (C=O) groups excluding carboxylic acids is 1. The highest BCUT2D eigenvalue weighted by Gasteiger charge is 2.23. The van der Waals surface area contributed by atoms with E-state index in [9.17, 15) is 4.79 Å². The molecule has 26 heavy (non-hydrogen) atoms. The van der Waals surface area contributed by atoms with E-state index in [0.717, 1.165) is 34.6 Å². The fourth-order valence-electron chi connectivity index (χ4n) is 3.29. The second-order valence-electron chi connectivity index (χ2n) is 6.32. The molecule has 2 N–H and O–H groups in total. The van der Waals surface area contributed by atoms with Crippen LogP contribution in [0.15, 0.2) is 90.5 Å². The molecular weight excluding hydrogens is 320 g/mol. The summed E-state index contributed by atoms with van der Waals surface area (Å²) in [6.07, 6.45) is 1.58. The minimum atomic E-state index is -0.0517. The average Bonchev–Trinajstić information content (AvgIpc) is 2.70. The number of hydrogen-bond acceptors (Lipinski definition) is 2. The van der Waals surface area contributed by atoms with E-state index in [1.165, 1.54) is 5.56 Å². The largest absolute Gasteiger partial charge is 0.355 e. The highest BCUT2D eigenvalue weighted by atomic mass is 16.1. The molecule has 0 atom stereocenters. The van der Waals surface area contributed by atoms with Gasteiger partial charge in [-0.2, -0.15) is 0 Å². The van der Waals surface area contributed by atoms with Crippen LogP contribution in [0.4, 0.5) is 11.4 Å². The van der Waals surface area contributed by atoms with Crippen LogP contribution < -0.4 is 10.6 Å². The molecule has 1 aliphatic rings. The Morgan fingerprint density at radius 1 is 0.692 bits per heavy atom. The third kappa shape index (κ3) is 3.38. The van der Waals surface area contributed by atoms with Gasteiger partial charge in [-0.05, 0) is 42.7 Å². The van der Waals surface area contributed by atoms with Gasteiger partial charge in [0.1, 0.15) is 0 Å². The van der Waals surface area contributed by atoms with Gasteiger partial charge in [-0.1, -0.05) is 60.7 Å². The summed E-state index contributed by atoms with van der Waals surface area (Å²) in [6.45, 7) is 0. The molecule has 3 nitrogen and oxygen atoms in total. The summed E-state index contributed by atoms with van der Waals surface area (Å²) in [5.41, 5.74) is 5.83. The van der Waals surface area contributed by atoms with E-state index in [0.29, 0.717) is 6.42 Å². The Labute approximate surface area is 153 Å². The summed E-state index contributed by atoms with van der Waals surface area (Å²) in [5.74, 6) is -0.0517. The zero-order valence-electron chi connectivity index (χ0n) is 14.4. The van der Waals surface area contributed by atoms with Crippen LogP contribution in [0.2, 0.25) is 0 Å². The Kier molecular flexibility index (Phi) is 4.52. The van der Waals surface area contributed by atoms with Gasteiger partial charge >= 0.3 is 0 Å². The van der Waals surface area contributed by atoms with Crippen LogP contribution >= 0.6 is 0 Å². The molecule has 0 saturated heterocycles. The fraction of sp³-hybridized carbons (Fsp3) is 0.0870. The predicted octanol–water partition coefficient (Wildman–Crippen LogP) is 5.09. The van der Waals surface area contributed by atoms with Gasteiger partial charge in [0.25, 0.3) is 5.91 Å². The Morgan fingerprint density at radius 2 is 1.31 bits per heavy atom. The van der Waals surface area contributed by atoms with Crippen molar-refractivity contribution >= 4 is 23.0 Å². The molecule has 0 aromatic heterocycles. The molecular formula is C23H20N2O. The van der Waals surface area contributed by atoms with Gasteiger partial charge in [0.15, 0.2) is 0 Å². The van der Waals surface area contributed by atoms with E-state index in [1.807, 2.05) is 72.8 Å². The summed E-state index contributed by atoms with van der Waals surface area (Å²) in [7, 11) is 0. The highest BCUT2D eigenvalue weighted by molar-refractivity contribution is 6.10. The van der Waals surface area contributed by atoms with Gasteiger partial charge in [0, 0.05) is 22.5 Å².